The predicted molar refractivity (Wildman–Crippen MR) is 76.4 cm³/mol. The van der Waals surface area contributed by atoms with Crippen molar-refractivity contribution in [2.75, 3.05) is 13.7 Å². The Labute approximate surface area is 127 Å². The average molecular weight is 315 g/mol. The van der Waals surface area contributed by atoms with Gasteiger partial charge in [-0.15, -0.1) is 0 Å². The Balaban J connectivity index is 2.05. The van der Waals surface area contributed by atoms with Crippen molar-refractivity contribution >= 4 is 5.91 Å². The Morgan fingerprint density at radius 1 is 1.41 bits per heavy atom. The molecule has 0 aromatic heterocycles. The van der Waals surface area contributed by atoms with E-state index in [1.54, 1.807) is 13.2 Å². The SMILES string of the molecule is CCC(COC)NC(=O)C1CC1c1ccccc1C(F)(F)F. The fourth-order valence-electron chi connectivity index (χ4n) is 2.68. The van der Waals surface area contributed by atoms with Gasteiger partial charge in [0.15, 0.2) is 0 Å². The van der Waals surface area contributed by atoms with Crippen molar-refractivity contribution in [2.45, 2.75) is 37.9 Å². The number of hydrogen-bond acceptors (Lipinski definition) is 2. The molecule has 1 aliphatic carbocycles. The number of rotatable bonds is 6. The van der Waals surface area contributed by atoms with E-state index in [-0.39, 0.29) is 29.3 Å². The van der Waals surface area contributed by atoms with Crippen molar-refractivity contribution in [3.63, 3.8) is 0 Å². The third kappa shape index (κ3) is 3.80. The summed E-state index contributed by atoms with van der Waals surface area (Å²) in [6.45, 7) is 2.33. The lowest BCUT2D eigenvalue weighted by atomic mass is 10.0. The second kappa shape index (κ2) is 6.69. The molecule has 122 valence electrons. The molecule has 6 heteroatoms. The maximum absolute atomic E-state index is 13.0. The lowest BCUT2D eigenvalue weighted by molar-refractivity contribution is -0.138. The third-order valence-corrected chi connectivity index (χ3v) is 4.00. The van der Waals surface area contributed by atoms with Gasteiger partial charge in [0, 0.05) is 13.0 Å². The van der Waals surface area contributed by atoms with Crippen LogP contribution in [0.4, 0.5) is 13.2 Å². The molecule has 0 radical (unpaired) electrons. The normalized spacial score (nSPS) is 22.2. The van der Waals surface area contributed by atoms with Crippen LogP contribution in [0.25, 0.3) is 0 Å². The number of amides is 1. The van der Waals surface area contributed by atoms with Gasteiger partial charge in [0.05, 0.1) is 18.2 Å². The molecule has 1 amide bonds. The smallest absolute Gasteiger partial charge is 0.383 e. The summed E-state index contributed by atoms with van der Waals surface area (Å²) >= 11 is 0. The molecule has 3 unspecified atom stereocenters. The molecule has 1 N–H and O–H groups in total. The van der Waals surface area contributed by atoms with Gasteiger partial charge in [-0.3, -0.25) is 4.79 Å². The molecule has 3 atom stereocenters. The first-order valence-corrected chi connectivity index (χ1v) is 7.33. The van der Waals surface area contributed by atoms with Gasteiger partial charge in [-0.2, -0.15) is 13.2 Å². The minimum Gasteiger partial charge on any atom is -0.383 e. The maximum Gasteiger partial charge on any atom is 0.416 e. The standard InChI is InChI=1S/C16H20F3NO2/c1-3-10(9-22-2)20-15(21)13-8-12(13)11-6-4-5-7-14(11)16(17,18)19/h4-7,10,12-13H,3,8-9H2,1-2H3,(H,20,21). The van der Waals surface area contributed by atoms with E-state index in [1.165, 1.54) is 12.1 Å². The molecule has 1 aromatic carbocycles. The van der Waals surface area contributed by atoms with Crippen LogP contribution in [-0.2, 0) is 15.7 Å². The lowest BCUT2D eigenvalue weighted by Crippen LogP contribution is -2.38. The topological polar surface area (TPSA) is 38.3 Å². The Hall–Kier alpha value is -1.56. The van der Waals surface area contributed by atoms with Crippen LogP contribution in [0.1, 0.15) is 36.8 Å². The molecular weight excluding hydrogens is 295 g/mol. The number of benzene rings is 1. The zero-order chi connectivity index (χ0) is 16.3. The summed E-state index contributed by atoms with van der Waals surface area (Å²) in [5.74, 6) is -0.918. The van der Waals surface area contributed by atoms with E-state index >= 15 is 0 Å². The fourth-order valence-corrected chi connectivity index (χ4v) is 2.68. The second-order valence-corrected chi connectivity index (χ2v) is 5.60. The molecule has 2 rings (SSSR count). The fraction of sp³-hybridized carbons (Fsp3) is 0.562. The molecule has 1 aliphatic rings. The van der Waals surface area contributed by atoms with Gasteiger partial charge >= 0.3 is 6.18 Å². The lowest BCUT2D eigenvalue weighted by Gasteiger charge is -2.16. The summed E-state index contributed by atoms with van der Waals surface area (Å²) in [4.78, 5) is 12.1. The summed E-state index contributed by atoms with van der Waals surface area (Å²) in [7, 11) is 1.55. The minimum absolute atomic E-state index is 0.100. The van der Waals surface area contributed by atoms with Gasteiger partial charge in [0.25, 0.3) is 0 Å². The number of nitrogens with one attached hydrogen (secondary N) is 1. The maximum atomic E-state index is 13.0. The third-order valence-electron chi connectivity index (χ3n) is 4.00. The number of hydrogen-bond donors (Lipinski definition) is 1. The second-order valence-electron chi connectivity index (χ2n) is 5.60. The number of methoxy groups -OCH3 is 1. The van der Waals surface area contributed by atoms with Crippen LogP contribution in [-0.4, -0.2) is 25.7 Å². The first-order chi connectivity index (χ1) is 10.4. The Morgan fingerprint density at radius 3 is 2.68 bits per heavy atom. The number of carbonyl (C=O) groups excluding carboxylic acids is 1. The number of halogens is 3. The van der Waals surface area contributed by atoms with E-state index < -0.39 is 11.7 Å². The molecule has 0 bridgehead atoms. The molecule has 0 aliphatic heterocycles. The van der Waals surface area contributed by atoms with E-state index in [9.17, 15) is 18.0 Å². The molecule has 0 spiro atoms. The zero-order valence-electron chi connectivity index (χ0n) is 12.6. The summed E-state index contributed by atoms with van der Waals surface area (Å²) in [5.41, 5.74) is -0.422. The molecule has 0 heterocycles. The average Bonchev–Trinajstić information content (AvgIpc) is 3.26. The van der Waals surface area contributed by atoms with Crippen LogP contribution in [0.15, 0.2) is 24.3 Å². The summed E-state index contributed by atoms with van der Waals surface area (Å²) in [6.07, 6.45) is -3.21. The highest BCUT2D eigenvalue weighted by Gasteiger charge is 2.48. The summed E-state index contributed by atoms with van der Waals surface area (Å²) in [6, 6.07) is 5.39. The number of alkyl halides is 3. The van der Waals surface area contributed by atoms with E-state index in [2.05, 4.69) is 5.32 Å². The monoisotopic (exact) mass is 315 g/mol. The highest BCUT2D eigenvalue weighted by molar-refractivity contribution is 5.83. The van der Waals surface area contributed by atoms with Crippen LogP contribution >= 0.6 is 0 Å². The van der Waals surface area contributed by atoms with Crippen LogP contribution < -0.4 is 5.32 Å². The highest BCUT2D eigenvalue weighted by Crippen LogP contribution is 2.51. The first-order valence-electron chi connectivity index (χ1n) is 7.33. The highest BCUT2D eigenvalue weighted by atomic mass is 19.4. The Bertz CT molecular complexity index is 530. The summed E-state index contributed by atoms with van der Waals surface area (Å²) < 4.78 is 44.0. The van der Waals surface area contributed by atoms with Crippen molar-refractivity contribution in [2.24, 2.45) is 5.92 Å². The molecular formula is C16H20F3NO2. The molecule has 1 aromatic rings. The van der Waals surface area contributed by atoms with Crippen molar-refractivity contribution in [1.29, 1.82) is 0 Å². The van der Waals surface area contributed by atoms with E-state index in [0.717, 1.165) is 12.5 Å². The minimum atomic E-state index is -4.39. The van der Waals surface area contributed by atoms with Gasteiger partial charge in [-0.25, -0.2) is 0 Å². The molecule has 1 saturated carbocycles. The quantitative estimate of drug-likeness (QED) is 0.874. The largest absolute Gasteiger partial charge is 0.416 e. The predicted octanol–water partition coefficient (Wildman–Crippen LogP) is 3.35. The number of carbonyl (C=O) groups is 1. The van der Waals surface area contributed by atoms with Gasteiger partial charge in [0.2, 0.25) is 5.91 Å². The van der Waals surface area contributed by atoms with Gasteiger partial charge in [-0.1, -0.05) is 25.1 Å². The van der Waals surface area contributed by atoms with E-state index in [1.807, 2.05) is 6.92 Å². The summed E-state index contributed by atoms with van der Waals surface area (Å²) in [5, 5.41) is 2.84. The Morgan fingerprint density at radius 2 is 2.09 bits per heavy atom. The zero-order valence-corrected chi connectivity index (χ0v) is 12.6. The number of ether oxygens (including phenoxy) is 1. The van der Waals surface area contributed by atoms with E-state index in [0.29, 0.717) is 13.0 Å². The van der Waals surface area contributed by atoms with Gasteiger partial charge in [-0.05, 0) is 30.4 Å². The molecule has 0 saturated heterocycles. The van der Waals surface area contributed by atoms with Crippen molar-refractivity contribution < 1.29 is 22.7 Å². The van der Waals surface area contributed by atoms with Crippen molar-refractivity contribution in [3.8, 4) is 0 Å². The van der Waals surface area contributed by atoms with Crippen LogP contribution in [0.3, 0.4) is 0 Å². The molecule has 3 nitrogen and oxygen atoms in total. The van der Waals surface area contributed by atoms with Gasteiger partial charge < -0.3 is 10.1 Å². The van der Waals surface area contributed by atoms with Crippen LogP contribution in [0.5, 0.6) is 0 Å². The Kier molecular flexibility index (Phi) is 5.11. The van der Waals surface area contributed by atoms with Crippen LogP contribution in [0.2, 0.25) is 0 Å². The van der Waals surface area contributed by atoms with Crippen molar-refractivity contribution in [3.05, 3.63) is 35.4 Å². The van der Waals surface area contributed by atoms with Crippen molar-refractivity contribution in [1.82, 2.24) is 5.32 Å². The van der Waals surface area contributed by atoms with Gasteiger partial charge in [0.1, 0.15) is 0 Å². The molecule has 1 fully saturated rings. The first kappa shape index (κ1) is 16.8. The van der Waals surface area contributed by atoms with Crippen LogP contribution in [0, 0.1) is 5.92 Å². The van der Waals surface area contributed by atoms with E-state index in [4.69, 9.17) is 4.74 Å². The molecule has 22 heavy (non-hydrogen) atoms.